The average molecular weight is 597 g/mol. The molecule has 0 saturated carbocycles. The maximum absolute atomic E-state index is 12.9. The van der Waals surface area contributed by atoms with Crippen molar-refractivity contribution in [1.29, 1.82) is 0 Å². The van der Waals surface area contributed by atoms with Crippen LogP contribution in [0.2, 0.25) is 0 Å². The van der Waals surface area contributed by atoms with Crippen molar-refractivity contribution in [2.45, 2.75) is 128 Å². The van der Waals surface area contributed by atoms with Crippen LogP contribution in [0.15, 0.2) is 36.0 Å². The number of aliphatic hydroxyl groups is 3. The molecule has 2 heterocycles. The van der Waals surface area contributed by atoms with Crippen molar-refractivity contribution in [3.8, 4) is 0 Å². The Hall–Kier alpha value is -2.08. The summed E-state index contributed by atoms with van der Waals surface area (Å²) in [5, 5.41) is 33.0. The fraction of sp³-hybridized carbons (Fsp3) is 0.750. The largest absolute Gasteiger partial charge is 0.457 e. The van der Waals surface area contributed by atoms with Crippen molar-refractivity contribution in [2.24, 2.45) is 11.8 Å². The van der Waals surface area contributed by atoms with Gasteiger partial charge in [0.25, 0.3) is 0 Å². The van der Waals surface area contributed by atoms with E-state index in [0.717, 1.165) is 6.42 Å². The highest BCUT2D eigenvalue weighted by Gasteiger charge is 2.53. The second-order valence-electron chi connectivity index (χ2n) is 12.2. The lowest BCUT2D eigenvalue weighted by atomic mass is 9.88. The summed E-state index contributed by atoms with van der Waals surface area (Å²) in [6, 6.07) is 0. The molecule has 1 fully saturated rings. The van der Waals surface area contributed by atoms with E-state index in [1.54, 1.807) is 45.3 Å². The van der Waals surface area contributed by atoms with Crippen LogP contribution in [0.25, 0.3) is 0 Å². The predicted octanol–water partition coefficient (Wildman–Crippen LogP) is 3.42. The topological polar surface area (TPSA) is 144 Å². The van der Waals surface area contributed by atoms with Gasteiger partial charge in [0.05, 0.1) is 24.7 Å². The van der Waals surface area contributed by atoms with Gasteiger partial charge in [-0.05, 0) is 51.7 Å². The molecule has 11 unspecified atom stereocenters. The quantitative estimate of drug-likeness (QED) is 0.140. The van der Waals surface area contributed by atoms with E-state index in [2.05, 4.69) is 0 Å². The molecule has 0 spiro atoms. The van der Waals surface area contributed by atoms with Gasteiger partial charge in [-0.3, -0.25) is 9.59 Å². The molecule has 0 aromatic rings. The van der Waals surface area contributed by atoms with Gasteiger partial charge in [-0.2, -0.15) is 0 Å². The van der Waals surface area contributed by atoms with Crippen LogP contribution in [0.5, 0.6) is 0 Å². The standard InChI is InChI=1S/C32H52O10/c1-10-24(39-9)21(4)28-29(42-28)30(35)32(7,37)16-11-12-19(2)27-20(3)13-14-25(40-22(5)33)31(6,36)17-15-23(38-8)18-26(34)41-27/h11-14,16,20-21,23-25,27-30,35-37H,10,15,17-18H2,1-9H3/b14-13+,16-11+,19-12+. The molecule has 0 radical (unpaired) electrons. The predicted molar refractivity (Wildman–Crippen MR) is 157 cm³/mol. The second kappa shape index (κ2) is 15.6. The number of aliphatic hydroxyl groups excluding tert-OH is 1. The first-order valence-electron chi connectivity index (χ1n) is 14.8. The molecular weight excluding hydrogens is 544 g/mol. The van der Waals surface area contributed by atoms with Crippen LogP contribution in [0, 0.1) is 11.8 Å². The Morgan fingerprint density at radius 1 is 1.26 bits per heavy atom. The number of cyclic esters (lactones) is 1. The fourth-order valence-corrected chi connectivity index (χ4v) is 5.52. The molecule has 3 N–H and O–H groups in total. The Labute approximate surface area is 250 Å². The molecular formula is C32H52O10. The number of carbonyl (C=O) groups excluding carboxylic acids is 2. The maximum Gasteiger partial charge on any atom is 0.309 e. The lowest BCUT2D eigenvalue weighted by Gasteiger charge is -2.33. The summed E-state index contributed by atoms with van der Waals surface area (Å²) in [6.45, 7) is 12.1. The molecule has 0 aromatic carbocycles. The minimum Gasteiger partial charge on any atom is -0.457 e. The minimum atomic E-state index is -1.58. The Balaban J connectivity index is 2.25. The van der Waals surface area contributed by atoms with Crippen LogP contribution < -0.4 is 0 Å². The summed E-state index contributed by atoms with van der Waals surface area (Å²) in [6.07, 6.45) is 5.65. The molecule has 0 aromatic heterocycles. The first-order chi connectivity index (χ1) is 19.6. The number of epoxide rings is 1. The van der Waals surface area contributed by atoms with Crippen molar-refractivity contribution in [3.63, 3.8) is 0 Å². The van der Waals surface area contributed by atoms with Crippen LogP contribution in [0.4, 0.5) is 0 Å². The summed E-state index contributed by atoms with van der Waals surface area (Å²) in [7, 11) is 3.15. The molecule has 0 amide bonds. The van der Waals surface area contributed by atoms with Crippen molar-refractivity contribution >= 4 is 11.9 Å². The van der Waals surface area contributed by atoms with E-state index in [4.69, 9.17) is 23.7 Å². The van der Waals surface area contributed by atoms with Gasteiger partial charge in [0.15, 0.2) is 0 Å². The Bertz CT molecular complexity index is 980. The van der Waals surface area contributed by atoms with E-state index in [1.807, 2.05) is 20.8 Å². The number of carbonyl (C=O) groups is 2. The maximum atomic E-state index is 12.9. The molecule has 2 aliphatic heterocycles. The highest BCUT2D eigenvalue weighted by Crippen LogP contribution is 2.38. The van der Waals surface area contributed by atoms with Gasteiger partial charge in [0, 0.05) is 33.0 Å². The third-order valence-corrected chi connectivity index (χ3v) is 8.45. The average Bonchev–Trinajstić information content (AvgIpc) is 3.71. The zero-order valence-electron chi connectivity index (χ0n) is 26.6. The van der Waals surface area contributed by atoms with E-state index >= 15 is 0 Å². The zero-order chi connectivity index (χ0) is 31.8. The number of rotatable bonds is 11. The normalized spacial score (nSPS) is 35.6. The molecule has 240 valence electrons. The van der Waals surface area contributed by atoms with E-state index in [1.165, 1.54) is 27.0 Å². The Kier molecular flexibility index (Phi) is 13.4. The highest BCUT2D eigenvalue weighted by atomic mass is 16.6. The molecule has 11 atom stereocenters. The van der Waals surface area contributed by atoms with Gasteiger partial charge in [-0.15, -0.1) is 0 Å². The van der Waals surface area contributed by atoms with Crippen molar-refractivity contribution in [1.82, 2.24) is 0 Å². The van der Waals surface area contributed by atoms with E-state index in [0.29, 0.717) is 12.0 Å². The number of ether oxygens (including phenoxy) is 5. The van der Waals surface area contributed by atoms with Crippen LogP contribution in [-0.4, -0.2) is 95.4 Å². The van der Waals surface area contributed by atoms with Gasteiger partial charge >= 0.3 is 11.9 Å². The Morgan fingerprint density at radius 3 is 2.50 bits per heavy atom. The smallest absolute Gasteiger partial charge is 0.309 e. The van der Waals surface area contributed by atoms with E-state index in [-0.39, 0.29) is 36.9 Å². The molecule has 10 heteroatoms. The summed E-state index contributed by atoms with van der Waals surface area (Å²) >= 11 is 0. The number of hydrogen-bond donors (Lipinski definition) is 3. The zero-order valence-corrected chi connectivity index (χ0v) is 26.6. The second-order valence-corrected chi connectivity index (χ2v) is 12.2. The summed E-state index contributed by atoms with van der Waals surface area (Å²) in [5.41, 5.74) is -2.27. The first kappa shape index (κ1) is 36.1. The summed E-state index contributed by atoms with van der Waals surface area (Å²) in [4.78, 5) is 24.6. The Morgan fingerprint density at radius 2 is 1.93 bits per heavy atom. The van der Waals surface area contributed by atoms with Gasteiger partial charge < -0.3 is 39.0 Å². The van der Waals surface area contributed by atoms with Crippen molar-refractivity contribution in [2.75, 3.05) is 14.2 Å². The molecule has 2 rings (SSSR count). The van der Waals surface area contributed by atoms with Crippen LogP contribution in [-0.2, 0) is 33.3 Å². The van der Waals surface area contributed by atoms with Crippen molar-refractivity contribution < 1.29 is 48.6 Å². The highest BCUT2D eigenvalue weighted by molar-refractivity contribution is 5.70. The molecule has 1 saturated heterocycles. The molecule has 0 bridgehead atoms. The number of methoxy groups -OCH3 is 2. The van der Waals surface area contributed by atoms with Gasteiger partial charge in [0.1, 0.15) is 35.6 Å². The molecule has 10 nitrogen and oxygen atoms in total. The summed E-state index contributed by atoms with van der Waals surface area (Å²) in [5.74, 6) is -1.26. The van der Waals surface area contributed by atoms with Crippen LogP contribution in [0.1, 0.15) is 74.1 Å². The molecule has 0 aliphatic carbocycles. The number of esters is 2. The first-order valence-corrected chi connectivity index (χ1v) is 14.8. The SMILES string of the molecule is CCC(OC)C(C)C1OC1C(O)C(C)(O)/C=C/C=C(\C)C1OC(=O)CC(OC)CCC(C)(O)C(OC(C)=O)/C=C/C1C. The number of hydrogen-bond acceptors (Lipinski definition) is 10. The minimum absolute atomic E-state index is 0.00226. The monoisotopic (exact) mass is 596 g/mol. The summed E-state index contributed by atoms with van der Waals surface area (Å²) < 4.78 is 28.0. The lowest BCUT2D eigenvalue weighted by Crippen LogP contribution is -2.42. The van der Waals surface area contributed by atoms with Gasteiger partial charge in [0.2, 0.25) is 0 Å². The molecule has 42 heavy (non-hydrogen) atoms. The van der Waals surface area contributed by atoms with Gasteiger partial charge in [-0.25, -0.2) is 0 Å². The third kappa shape index (κ3) is 9.99. The van der Waals surface area contributed by atoms with E-state index in [9.17, 15) is 24.9 Å². The van der Waals surface area contributed by atoms with Crippen molar-refractivity contribution in [3.05, 3.63) is 36.0 Å². The van der Waals surface area contributed by atoms with Crippen LogP contribution in [0.3, 0.4) is 0 Å². The number of allylic oxidation sites excluding steroid dienone is 2. The van der Waals surface area contributed by atoms with E-state index < -0.39 is 53.7 Å². The van der Waals surface area contributed by atoms with Gasteiger partial charge in [-0.1, -0.05) is 45.1 Å². The van der Waals surface area contributed by atoms with Crippen LogP contribution >= 0.6 is 0 Å². The fourth-order valence-electron chi connectivity index (χ4n) is 5.52. The lowest BCUT2D eigenvalue weighted by molar-refractivity contribution is -0.157. The molecule has 2 aliphatic rings. The third-order valence-electron chi connectivity index (χ3n) is 8.45.